The number of hydrogen-bond donors (Lipinski definition) is 1. The van der Waals surface area contributed by atoms with Crippen molar-refractivity contribution in [3.63, 3.8) is 0 Å². The van der Waals surface area contributed by atoms with E-state index in [4.69, 9.17) is 4.74 Å². The van der Waals surface area contributed by atoms with E-state index in [1.165, 1.54) is 18.3 Å². The van der Waals surface area contributed by atoms with Gasteiger partial charge in [-0.2, -0.15) is 0 Å². The van der Waals surface area contributed by atoms with E-state index in [1.54, 1.807) is 27.6 Å². The predicted molar refractivity (Wildman–Crippen MR) is 114 cm³/mol. The third kappa shape index (κ3) is 3.29. The summed E-state index contributed by atoms with van der Waals surface area (Å²) in [5.74, 6) is -0.0127. The number of nitrogens with one attached hydrogen (secondary N) is 1. The normalized spacial score (nSPS) is 15.5. The highest BCUT2D eigenvalue weighted by Gasteiger charge is 2.33. The van der Waals surface area contributed by atoms with Crippen molar-refractivity contribution < 1.29 is 14.3 Å². The van der Waals surface area contributed by atoms with Gasteiger partial charge in [-0.25, -0.2) is 9.50 Å². The van der Waals surface area contributed by atoms with E-state index < -0.39 is 6.10 Å². The van der Waals surface area contributed by atoms with E-state index in [-0.39, 0.29) is 18.4 Å². The monoisotopic (exact) mass is 419 g/mol. The molecule has 2 aromatic carbocycles. The quantitative estimate of drug-likeness (QED) is 0.551. The number of hydrogen-bond acceptors (Lipinski definition) is 6. The molecule has 0 aliphatic carbocycles. The van der Waals surface area contributed by atoms with Gasteiger partial charge in [0.25, 0.3) is 5.91 Å². The number of imidazole rings is 1. The molecule has 9 heteroatoms. The number of carbonyl (C=O) groups excluding carboxylic acids is 2. The summed E-state index contributed by atoms with van der Waals surface area (Å²) < 4.78 is 7.47. The highest BCUT2D eigenvalue weighted by molar-refractivity contribution is 7.20. The van der Waals surface area contributed by atoms with Crippen LogP contribution in [0.15, 0.2) is 60.8 Å². The van der Waals surface area contributed by atoms with Crippen LogP contribution in [-0.2, 0) is 9.59 Å². The minimum atomic E-state index is -0.833. The molecule has 1 N–H and O–H groups in total. The van der Waals surface area contributed by atoms with Gasteiger partial charge in [0.2, 0.25) is 16.0 Å². The summed E-state index contributed by atoms with van der Waals surface area (Å²) in [4.78, 5) is 31.6. The maximum absolute atomic E-state index is 12.8. The Balaban J connectivity index is 1.34. The molecule has 30 heavy (non-hydrogen) atoms. The van der Waals surface area contributed by atoms with Gasteiger partial charge in [0.15, 0.2) is 6.10 Å². The van der Waals surface area contributed by atoms with Gasteiger partial charge in [-0.3, -0.25) is 14.9 Å². The van der Waals surface area contributed by atoms with Gasteiger partial charge in [0.1, 0.15) is 5.75 Å². The molecule has 2 aromatic heterocycles. The molecule has 1 atom stereocenters. The van der Waals surface area contributed by atoms with Crippen molar-refractivity contribution in [2.24, 2.45) is 0 Å². The highest BCUT2D eigenvalue weighted by Crippen LogP contribution is 2.33. The van der Waals surface area contributed by atoms with Gasteiger partial charge in [-0.1, -0.05) is 53.8 Å². The lowest BCUT2D eigenvalue weighted by Crippen LogP contribution is -2.48. The smallest absolute Gasteiger partial charge is 0.269 e. The van der Waals surface area contributed by atoms with Gasteiger partial charge in [-0.05, 0) is 12.1 Å². The van der Waals surface area contributed by atoms with Crippen molar-refractivity contribution in [1.29, 1.82) is 0 Å². The molecule has 0 bridgehead atoms. The summed E-state index contributed by atoms with van der Waals surface area (Å²) in [6.45, 7) is 1.61. The second-order valence-electron chi connectivity index (χ2n) is 6.82. The summed E-state index contributed by atoms with van der Waals surface area (Å²) in [5, 5.41) is 7.59. The van der Waals surface area contributed by atoms with Gasteiger partial charge >= 0.3 is 0 Å². The number of carbonyl (C=O) groups is 2. The molecule has 0 saturated heterocycles. The van der Waals surface area contributed by atoms with Crippen LogP contribution in [0.25, 0.3) is 16.2 Å². The zero-order chi connectivity index (χ0) is 20.7. The van der Waals surface area contributed by atoms with Crippen LogP contribution in [0.5, 0.6) is 5.75 Å². The molecular formula is C21H17N5O3S. The Hall–Kier alpha value is -3.72. The number of ether oxygens (including phenoxy) is 1. The molecule has 0 spiro atoms. The van der Waals surface area contributed by atoms with Crippen LogP contribution in [0.3, 0.4) is 0 Å². The molecule has 3 heterocycles. The number of anilines is 2. The third-order valence-corrected chi connectivity index (χ3v) is 5.63. The van der Waals surface area contributed by atoms with Gasteiger partial charge in [0.05, 0.1) is 24.1 Å². The maximum atomic E-state index is 12.8. The van der Waals surface area contributed by atoms with Crippen LogP contribution in [0.1, 0.15) is 6.92 Å². The van der Waals surface area contributed by atoms with E-state index in [0.717, 1.165) is 11.3 Å². The van der Waals surface area contributed by atoms with Crippen molar-refractivity contribution in [3.05, 3.63) is 60.8 Å². The summed E-state index contributed by atoms with van der Waals surface area (Å²) in [7, 11) is 0. The first kappa shape index (κ1) is 18.3. The number of rotatable bonds is 3. The first-order valence-electron chi connectivity index (χ1n) is 9.35. The Bertz CT molecular complexity index is 1220. The first-order chi connectivity index (χ1) is 14.6. The Morgan fingerprint density at radius 3 is 2.67 bits per heavy atom. The summed E-state index contributed by atoms with van der Waals surface area (Å²) in [5.41, 5.74) is 2.48. The molecule has 0 fully saturated rings. The van der Waals surface area contributed by atoms with Crippen LogP contribution in [-0.4, -0.2) is 39.1 Å². The van der Waals surface area contributed by atoms with Crippen LogP contribution in [0, 0.1) is 0 Å². The van der Waals surface area contributed by atoms with Crippen molar-refractivity contribution in [3.8, 4) is 17.0 Å². The molecule has 8 nitrogen and oxygen atoms in total. The number of nitrogens with zero attached hydrogens (tertiary/aromatic N) is 4. The number of para-hydroxylation sites is 2. The molecule has 2 amide bonds. The fraction of sp³-hybridized carbons (Fsp3) is 0.143. The molecule has 5 rings (SSSR count). The lowest BCUT2D eigenvalue weighted by Gasteiger charge is -2.33. The standard InChI is InChI=1S/C21H17N5O3S/c1-13(27)25-12-18(29-17-10-6-5-9-16(17)25)19(28)23-20-24-26-11-15(22-21(26)30-20)14-7-3-2-4-8-14/h2-11,18H,12H2,1H3,(H,23,24,28)/t18-/m1/s1. The number of fused-ring (bicyclic) bond motifs is 2. The largest absolute Gasteiger partial charge is 0.476 e. The van der Waals surface area contributed by atoms with Gasteiger partial charge in [0, 0.05) is 12.5 Å². The van der Waals surface area contributed by atoms with E-state index >= 15 is 0 Å². The lowest BCUT2D eigenvalue weighted by atomic mass is 10.2. The van der Waals surface area contributed by atoms with Crippen molar-refractivity contribution in [1.82, 2.24) is 14.6 Å². The summed E-state index contributed by atoms with van der Waals surface area (Å²) in [6, 6.07) is 17.0. The van der Waals surface area contributed by atoms with Crippen molar-refractivity contribution >= 4 is 38.9 Å². The Kier molecular flexibility index (Phi) is 4.44. The Morgan fingerprint density at radius 1 is 1.13 bits per heavy atom. The zero-order valence-electron chi connectivity index (χ0n) is 16.0. The molecule has 0 unspecified atom stereocenters. The minimum absolute atomic E-state index is 0.138. The number of benzene rings is 2. The van der Waals surface area contributed by atoms with Crippen LogP contribution in [0.4, 0.5) is 10.8 Å². The van der Waals surface area contributed by atoms with E-state index in [9.17, 15) is 9.59 Å². The fourth-order valence-corrected chi connectivity index (χ4v) is 4.14. The van der Waals surface area contributed by atoms with Crippen LogP contribution >= 0.6 is 11.3 Å². The zero-order valence-corrected chi connectivity index (χ0v) is 16.8. The molecule has 0 saturated carbocycles. The lowest BCUT2D eigenvalue weighted by molar-refractivity contribution is -0.123. The molecular weight excluding hydrogens is 402 g/mol. The molecule has 1 aliphatic rings. The highest BCUT2D eigenvalue weighted by atomic mass is 32.1. The second kappa shape index (κ2) is 7.27. The average Bonchev–Trinajstić information content (AvgIpc) is 3.32. The van der Waals surface area contributed by atoms with Crippen molar-refractivity contribution in [2.75, 3.05) is 16.8 Å². The van der Waals surface area contributed by atoms with Gasteiger partial charge < -0.3 is 9.64 Å². The van der Waals surface area contributed by atoms with E-state index in [0.29, 0.717) is 21.5 Å². The summed E-state index contributed by atoms with van der Waals surface area (Å²) >= 11 is 1.27. The summed E-state index contributed by atoms with van der Waals surface area (Å²) in [6.07, 6.45) is 0.988. The second-order valence-corrected chi connectivity index (χ2v) is 7.78. The molecule has 150 valence electrons. The van der Waals surface area contributed by atoms with Gasteiger partial charge in [-0.15, -0.1) is 5.10 Å². The van der Waals surface area contributed by atoms with E-state index in [1.807, 2.05) is 42.6 Å². The third-order valence-electron chi connectivity index (χ3n) is 4.79. The molecule has 1 aliphatic heterocycles. The van der Waals surface area contributed by atoms with E-state index in [2.05, 4.69) is 15.4 Å². The first-order valence-corrected chi connectivity index (χ1v) is 10.2. The number of aromatic nitrogens is 3. The van der Waals surface area contributed by atoms with Crippen molar-refractivity contribution in [2.45, 2.75) is 13.0 Å². The molecule has 4 aromatic rings. The topological polar surface area (TPSA) is 88.8 Å². The average molecular weight is 419 g/mol. The number of amides is 2. The van der Waals surface area contributed by atoms with Crippen LogP contribution in [0.2, 0.25) is 0 Å². The van der Waals surface area contributed by atoms with Crippen LogP contribution < -0.4 is 15.0 Å². The Morgan fingerprint density at radius 2 is 1.90 bits per heavy atom. The minimum Gasteiger partial charge on any atom is -0.476 e. The Labute approximate surface area is 175 Å². The SMILES string of the molecule is CC(=O)N1C[C@H](C(=O)Nc2nn3cc(-c4ccccc4)nc3s2)Oc2ccccc21. The fourth-order valence-electron chi connectivity index (χ4n) is 3.35. The predicted octanol–water partition coefficient (Wildman–Crippen LogP) is 3.21. The maximum Gasteiger partial charge on any atom is 0.269 e. The molecule has 0 radical (unpaired) electrons.